The number of rotatable bonds is 6. The molecular weight excluding hydrogens is 328 g/mol. The molecule has 0 unspecified atom stereocenters. The van der Waals surface area contributed by atoms with E-state index in [4.69, 9.17) is 20.8 Å². The molecule has 0 radical (unpaired) electrons. The highest BCUT2D eigenvalue weighted by molar-refractivity contribution is 6.31. The number of carbonyl (C=O) groups excluding carboxylic acids is 1. The molecule has 126 valence electrons. The van der Waals surface area contributed by atoms with Crippen LogP contribution in [0.5, 0.6) is 5.75 Å². The molecule has 1 aromatic heterocycles. The maximum absolute atomic E-state index is 11.7. The molecule has 1 heterocycles. The highest BCUT2D eigenvalue weighted by atomic mass is 35.5. The molecule has 24 heavy (non-hydrogen) atoms. The van der Waals surface area contributed by atoms with Crippen LogP contribution in [0.25, 0.3) is 0 Å². The van der Waals surface area contributed by atoms with Gasteiger partial charge in [0.25, 0.3) is 5.91 Å². The van der Waals surface area contributed by atoms with Gasteiger partial charge in [-0.2, -0.15) is 5.10 Å². The van der Waals surface area contributed by atoms with Crippen LogP contribution in [0.3, 0.4) is 0 Å². The number of hydrazone groups is 1. The molecule has 1 N–H and O–H groups in total. The predicted octanol–water partition coefficient (Wildman–Crippen LogP) is 3.89. The van der Waals surface area contributed by atoms with Gasteiger partial charge in [0.15, 0.2) is 6.61 Å². The largest absolute Gasteiger partial charge is 0.484 e. The van der Waals surface area contributed by atoms with E-state index in [1.54, 1.807) is 18.2 Å². The van der Waals surface area contributed by atoms with E-state index in [-0.39, 0.29) is 12.5 Å². The molecule has 1 aliphatic rings. The quantitative estimate of drug-likeness (QED) is 0.637. The van der Waals surface area contributed by atoms with Gasteiger partial charge in [-0.25, -0.2) is 5.43 Å². The molecule has 0 spiro atoms. The number of benzene rings is 1. The van der Waals surface area contributed by atoms with Crippen LogP contribution in [-0.4, -0.2) is 18.7 Å². The zero-order valence-electron chi connectivity index (χ0n) is 13.6. The van der Waals surface area contributed by atoms with Gasteiger partial charge in [0, 0.05) is 10.9 Å². The van der Waals surface area contributed by atoms with Crippen molar-refractivity contribution in [1.82, 2.24) is 5.43 Å². The fourth-order valence-corrected chi connectivity index (χ4v) is 2.53. The second kappa shape index (κ2) is 7.09. The summed E-state index contributed by atoms with van der Waals surface area (Å²) >= 11 is 5.94. The zero-order valence-corrected chi connectivity index (χ0v) is 14.3. The van der Waals surface area contributed by atoms with Crippen LogP contribution >= 0.6 is 11.6 Å². The lowest BCUT2D eigenvalue weighted by molar-refractivity contribution is -0.123. The Morgan fingerprint density at radius 3 is 2.96 bits per heavy atom. The summed E-state index contributed by atoms with van der Waals surface area (Å²) in [5.41, 5.74) is 3.30. The third-order valence-corrected chi connectivity index (χ3v) is 4.43. The maximum atomic E-state index is 11.7. The number of ether oxygens (including phenoxy) is 1. The van der Waals surface area contributed by atoms with Crippen LogP contribution in [0.15, 0.2) is 39.9 Å². The Kier molecular flexibility index (Phi) is 4.90. The van der Waals surface area contributed by atoms with Crippen LogP contribution in [0.2, 0.25) is 5.02 Å². The zero-order chi connectivity index (χ0) is 17.1. The molecule has 6 heteroatoms. The summed E-state index contributed by atoms with van der Waals surface area (Å²) in [5, 5.41) is 4.54. The third kappa shape index (κ3) is 4.17. The highest BCUT2D eigenvalue weighted by Gasteiger charge is 2.36. The normalized spacial score (nSPS) is 19.5. The van der Waals surface area contributed by atoms with Crippen LogP contribution in [0, 0.1) is 12.8 Å². The summed E-state index contributed by atoms with van der Waals surface area (Å²) < 4.78 is 11.1. The van der Waals surface area contributed by atoms with Gasteiger partial charge in [-0.15, -0.1) is 0 Å². The van der Waals surface area contributed by atoms with Crippen molar-refractivity contribution in [2.45, 2.75) is 26.2 Å². The second-order valence-electron chi connectivity index (χ2n) is 6.05. The number of hydrogen-bond donors (Lipinski definition) is 1. The predicted molar refractivity (Wildman–Crippen MR) is 92.7 cm³/mol. The molecule has 0 bridgehead atoms. The van der Waals surface area contributed by atoms with Crippen molar-refractivity contribution in [3.05, 3.63) is 52.4 Å². The summed E-state index contributed by atoms with van der Waals surface area (Å²) in [6.07, 6.45) is 2.66. The number of hydrogen-bond acceptors (Lipinski definition) is 4. The topological polar surface area (TPSA) is 63.8 Å². The molecule has 0 aliphatic heterocycles. The first kappa shape index (κ1) is 16.6. The number of aryl methyl sites for hydroxylation is 1. The number of halogens is 1. The van der Waals surface area contributed by atoms with Crippen molar-refractivity contribution in [1.29, 1.82) is 0 Å². The SMILES string of the molecule is Cc1cc(OCC(=O)N/N=C\c2ccc([C@H]3C[C@@H]3C)o2)ccc1Cl. The molecule has 2 aromatic rings. The molecule has 5 nitrogen and oxygen atoms in total. The molecule has 1 aliphatic carbocycles. The first-order valence-electron chi connectivity index (χ1n) is 7.83. The van der Waals surface area contributed by atoms with Crippen molar-refractivity contribution >= 4 is 23.7 Å². The van der Waals surface area contributed by atoms with Crippen LogP contribution in [0.4, 0.5) is 0 Å². The van der Waals surface area contributed by atoms with Crippen molar-refractivity contribution in [3.8, 4) is 5.75 Å². The Hall–Kier alpha value is -2.27. The summed E-state index contributed by atoms with van der Waals surface area (Å²) in [7, 11) is 0. The summed E-state index contributed by atoms with van der Waals surface area (Å²) in [6, 6.07) is 9.04. The monoisotopic (exact) mass is 346 g/mol. The van der Waals surface area contributed by atoms with Gasteiger partial charge in [0.1, 0.15) is 17.3 Å². The van der Waals surface area contributed by atoms with Gasteiger partial charge in [-0.1, -0.05) is 18.5 Å². The van der Waals surface area contributed by atoms with Crippen LogP contribution in [0.1, 0.15) is 36.3 Å². The van der Waals surface area contributed by atoms with Crippen LogP contribution in [-0.2, 0) is 4.79 Å². The van der Waals surface area contributed by atoms with Crippen molar-refractivity contribution < 1.29 is 13.9 Å². The molecule has 1 saturated carbocycles. The fraction of sp³-hybridized carbons (Fsp3) is 0.333. The van der Waals surface area contributed by atoms with Gasteiger partial charge in [0.2, 0.25) is 0 Å². The summed E-state index contributed by atoms with van der Waals surface area (Å²) in [6.45, 7) is 3.95. The Labute approximate surface area is 145 Å². The molecule has 0 saturated heterocycles. The van der Waals surface area contributed by atoms with E-state index >= 15 is 0 Å². The average molecular weight is 347 g/mol. The summed E-state index contributed by atoms with van der Waals surface area (Å²) in [5.74, 6) is 3.06. The molecule has 1 amide bonds. The van der Waals surface area contributed by atoms with Crippen LogP contribution < -0.4 is 10.2 Å². The molecular formula is C18H19ClN2O3. The van der Waals surface area contributed by atoms with E-state index in [1.807, 2.05) is 19.1 Å². The minimum absolute atomic E-state index is 0.124. The number of amides is 1. The lowest BCUT2D eigenvalue weighted by Gasteiger charge is -2.06. The minimum Gasteiger partial charge on any atom is -0.484 e. The first-order chi connectivity index (χ1) is 11.5. The van der Waals surface area contributed by atoms with E-state index in [1.165, 1.54) is 12.6 Å². The van der Waals surface area contributed by atoms with Gasteiger partial charge >= 0.3 is 0 Å². The molecule has 2 atom stereocenters. The smallest absolute Gasteiger partial charge is 0.277 e. The molecule has 1 fully saturated rings. The van der Waals surface area contributed by atoms with Crippen molar-refractivity contribution in [2.24, 2.45) is 11.0 Å². The first-order valence-corrected chi connectivity index (χ1v) is 8.21. The fourth-order valence-electron chi connectivity index (χ4n) is 2.41. The Morgan fingerprint density at radius 1 is 1.46 bits per heavy atom. The lowest BCUT2D eigenvalue weighted by atomic mass is 10.2. The average Bonchev–Trinajstić information content (AvgIpc) is 3.09. The van der Waals surface area contributed by atoms with E-state index < -0.39 is 0 Å². The van der Waals surface area contributed by atoms with Gasteiger partial charge in [-0.3, -0.25) is 4.79 Å². The lowest BCUT2D eigenvalue weighted by Crippen LogP contribution is -2.24. The minimum atomic E-state index is -0.346. The highest BCUT2D eigenvalue weighted by Crippen LogP contribution is 2.47. The second-order valence-corrected chi connectivity index (χ2v) is 6.46. The van der Waals surface area contributed by atoms with Gasteiger partial charge < -0.3 is 9.15 Å². The van der Waals surface area contributed by atoms with Crippen molar-refractivity contribution in [2.75, 3.05) is 6.61 Å². The van der Waals surface area contributed by atoms with E-state index in [0.29, 0.717) is 28.4 Å². The standard InChI is InChI=1S/C18H19ClN2O3/c1-11-8-15(11)17-6-4-14(24-17)9-20-21-18(22)10-23-13-3-5-16(19)12(2)7-13/h3-7,9,11,15H,8,10H2,1-2H3,(H,21,22)/b20-9-/t11-,15-/m0/s1. The maximum Gasteiger partial charge on any atom is 0.277 e. The Morgan fingerprint density at radius 2 is 2.25 bits per heavy atom. The van der Waals surface area contributed by atoms with Gasteiger partial charge in [0.05, 0.1) is 6.21 Å². The third-order valence-electron chi connectivity index (χ3n) is 4.00. The van der Waals surface area contributed by atoms with Crippen molar-refractivity contribution in [3.63, 3.8) is 0 Å². The number of nitrogens with one attached hydrogen (secondary N) is 1. The Bertz CT molecular complexity index is 769. The number of carbonyl (C=O) groups is 1. The van der Waals surface area contributed by atoms with E-state index in [9.17, 15) is 4.79 Å². The summed E-state index contributed by atoms with van der Waals surface area (Å²) in [4.78, 5) is 11.7. The molecule has 3 rings (SSSR count). The Balaban J connectivity index is 1.44. The van der Waals surface area contributed by atoms with E-state index in [2.05, 4.69) is 17.5 Å². The molecule has 1 aromatic carbocycles. The van der Waals surface area contributed by atoms with E-state index in [0.717, 1.165) is 11.3 Å². The van der Waals surface area contributed by atoms with Gasteiger partial charge in [-0.05, 0) is 55.2 Å². The number of nitrogens with zero attached hydrogens (tertiary/aromatic N) is 1. The number of furan rings is 1.